The van der Waals surface area contributed by atoms with Crippen molar-refractivity contribution in [2.24, 2.45) is 5.92 Å². The first-order chi connectivity index (χ1) is 17.3. The van der Waals surface area contributed by atoms with Gasteiger partial charge in [-0.25, -0.2) is 4.79 Å². The topological polar surface area (TPSA) is 111 Å². The van der Waals surface area contributed by atoms with Crippen molar-refractivity contribution < 1.29 is 24.5 Å². The normalized spacial score (nSPS) is 12.0. The number of para-hydroxylation sites is 1. The van der Waals surface area contributed by atoms with Gasteiger partial charge in [-0.3, -0.25) is 4.79 Å². The minimum Gasteiger partial charge on any atom is -0.488 e. The fraction of sp³-hybridized carbons (Fsp3) is 0.250. The molecule has 186 valence electrons. The van der Waals surface area contributed by atoms with Crippen molar-refractivity contribution in [1.82, 2.24) is 9.55 Å². The number of carboxylic acids is 1. The molecule has 2 aromatic heterocycles. The first-order valence-electron chi connectivity index (χ1n) is 11.6. The molecular weight excluding hydrogens is 460 g/mol. The number of hydrogen-bond donors (Lipinski definition) is 2. The molecule has 0 radical (unpaired) electrons. The molecule has 2 heterocycles. The van der Waals surface area contributed by atoms with Crippen LogP contribution in [0.2, 0.25) is 0 Å². The lowest BCUT2D eigenvalue weighted by molar-refractivity contribution is 0.0694. The largest absolute Gasteiger partial charge is 0.488 e. The number of aliphatic hydroxyl groups is 1. The van der Waals surface area contributed by atoms with E-state index in [0.29, 0.717) is 23.5 Å². The molecule has 0 aliphatic rings. The van der Waals surface area contributed by atoms with Crippen molar-refractivity contribution in [1.29, 1.82) is 0 Å². The lowest BCUT2D eigenvalue weighted by Crippen LogP contribution is -2.26. The second kappa shape index (κ2) is 10.6. The van der Waals surface area contributed by atoms with Gasteiger partial charge in [-0.05, 0) is 23.6 Å². The number of fused-ring (bicyclic) bond motifs is 1. The molecule has 8 heteroatoms. The third-order valence-electron chi connectivity index (χ3n) is 6.12. The van der Waals surface area contributed by atoms with E-state index in [0.717, 1.165) is 5.56 Å². The van der Waals surface area contributed by atoms with E-state index in [9.17, 15) is 19.8 Å². The Morgan fingerprint density at radius 2 is 1.75 bits per heavy atom. The van der Waals surface area contributed by atoms with Gasteiger partial charge in [0.05, 0.1) is 25.1 Å². The molecule has 0 amide bonds. The Bertz CT molecular complexity index is 1450. The maximum Gasteiger partial charge on any atom is 0.341 e. The maximum atomic E-state index is 13.2. The maximum absolute atomic E-state index is 13.2. The number of aliphatic hydroxyl groups excluding tert-OH is 1. The first-order valence-corrected chi connectivity index (χ1v) is 11.6. The van der Waals surface area contributed by atoms with Crippen LogP contribution >= 0.6 is 0 Å². The number of carbonyl (C=O) groups is 1. The second-order valence-electron chi connectivity index (χ2n) is 8.77. The van der Waals surface area contributed by atoms with Gasteiger partial charge < -0.3 is 24.3 Å². The van der Waals surface area contributed by atoms with Crippen molar-refractivity contribution in [3.8, 4) is 22.8 Å². The molecule has 0 aliphatic carbocycles. The summed E-state index contributed by atoms with van der Waals surface area (Å²) >= 11 is 0. The molecule has 0 unspecified atom stereocenters. The molecule has 2 aromatic carbocycles. The molecule has 0 fully saturated rings. The molecule has 0 saturated carbocycles. The Morgan fingerprint density at radius 3 is 2.39 bits per heavy atom. The number of rotatable bonds is 9. The molecule has 36 heavy (non-hydrogen) atoms. The highest BCUT2D eigenvalue weighted by Crippen LogP contribution is 2.37. The number of hydrogen-bond acceptors (Lipinski definition) is 6. The predicted octanol–water partition coefficient (Wildman–Crippen LogP) is 4.54. The zero-order valence-electron chi connectivity index (χ0n) is 20.3. The molecule has 0 spiro atoms. The highest BCUT2D eigenvalue weighted by molar-refractivity contribution is 5.93. The monoisotopic (exact) mass is 488 g/mol. The van der Waals surface area contributed by atoms with Gasteiger partial charge in [0, 0.05) is 17.3 Å². The standard InChI is InChI=1S/C28H28N2O6/c1-17(2)23(15-31)30-14-22(28(33)34)25(32)21-13-20(27(35-3)29-26(21)30)19-11-7-8-12-24(19)36-16-18-9-5-4-6-10-18/h4-14,17,23,31H,15-16H2,1-3H3,(H,33,34)/t23-/m1/s1. The van der Waals surface area contributed by atoms with Crippen LogP contribution in [0.5, 0.6) is 11.6 Å². The van der Waals surface area contributed by atoms with E-state index >= 15 is 0 Å². The van der Waals surface area contributed by atoms with Gasteiger partial charge in [0.25, 0.3) is 0 Å². The van der Waals surface area contributed by atoms with Crippen molar-refractivity contribution in [3.63, 3.8) is 0 Å². The summed E-state index contributed by atoms with van der Waals surface area (Å²) in [4.78, 5) is 29.7. The Kier molecular flexibility index (Phi) is 7.36. The molecule has 4 rings (SSSR count). The molecule has 2 N–H and O–H groups in total. The summed E-state index contributed by atoms with van der Waals surface area (Å²) in [5.74, 6) is -0.595. The van der Waals surface area contributed by atoms with Gasteiger partial charge in [0.1, 0.15) is 23.6 Å². The summed E-state index contributed by atoms with van der Waals surface area (Å²) in [7, 11) is 1.48. The average molecular weight is 489 g/mol. The van der Waals surface area contributed by atoms with E-state index in [1.165, 1.54) is 13.3 Å². The van der Waals surface area contributed by atoms with E-state index in [1.807, 2.05) is 68.4 Å². The van der Waals surface area contributed by atoms with Crippen LogP contribution in [-0.4, -0.2) is 39.5 Å². The summed E-state index contributed by atoms with van der Waals surface area (Å²) in [5, 5.41) is 19.9. The minimum atomic E-state index is -1.35. The lowest BCUT2D eigenvalue weighted by atomic mass is 10.0. The van der Waals surface area contributed by atoms with E-state index in [4.69, 9.17) is 9.47 Å². The van der Waals surface area contributed by atoms with Crippen LogP contribution in [0.25, 0.3) is 22.2 Å². The van der Waals surface area contributed by atoms with Gasteiger partial charge in [-0.1, -0.05) is 62.4 Å². The van der Waals surface area contributed by atoms with E-state index < -0.39 is 23.0 Å². The SMILES string of the molecule is COc1nc2c(cc1-c1ccccc1OCc1ccccc1)c(=O)c(C(=O)O)cn2[C@H](CO)C(C)C. The van der Waals surface area contributed by atoms with Crippen LogP contribution in [0.15, 0.2) is 71.7 Å². The highest BCUT2D eigenvalue weighted by atomic mass is 16.5. The van der Waals surface area contributed by atoms with E-state index in [-0.39, 0.29) is 29.4 Å². The number of aromatic nitrogens is 2. The van der Waals surface area contributed by atoms with Crippen LogP contribution in [-0.2, 0) is 6.61 Å². The average Bonchev–Trinajstić information content (AvgIpc) is 2.89. The minimum absolute atomic E-state index is 0.0538. The third kappa shape index (κ3) is 4.81. The number of pyridine rings is 2. The molecule has 8 nitrogen and oxygen atoms in total. The summed E-state index contributed by atoms with van der Waals surface area (Å²) in [6.45, 7) is 3.88. The zero-order chi connectivity index (χ0) is 25.8. The quantitative estimate of drug-likeness (QED) is 0.356. The Labute approximate surface area is 208 Å². The lowest BCUT2D eigenvalue weighted by Gasteiger charge is -2.24. The fourth-order valence-corrected chi connectivity index (χ4v) is 4.18. The van der Waals surface area contributed by atoms with Crippen molar-refractivity contribution >= 4 is 17.0 Å². The van der Waals surface area contributed by atoms with Crippen LogP contribution in [0, 0.1) is 5.92 Å². The van der Waals surface area contributed by atoms with Crippen LogP contribution in [0.1, 0.15) is 35.8 Å². The van der Waals surface area contributed by atoms with Crippen molar-refractivity contribution in [2.75, 3.05) is 13.7 Å². The van der Waals surface area contributed by atoms with Crippen molar-refractivity contribution in [2.45, 2.75) is 26.5 Å². The van der Waals surface area contributed by atoms with E-state index in [2.05, 4.69) is 4.98 Å². The van der Waals surface area contributed by atoms with Gasteiger partial charge in [0.2, 0.25) is 11.3 Å². The predicted molar refractivity (Wildman–Crippen MR) is 137 cm³/mol. The Morgan fingerprint density at radius 1 is 1.06 bits per heavy atom. The van der Waals surface area contributed by atoms with E-state index in [1.54, 1.807) is 10.6 Å². The van der Waals surface area contributed by atoms with Gasteiger partial charge in [-0.15, -0.1) is 0 Å². The summed E-state index contributed by atoms with van der Waals surface area (Å²) < 4.78 is 13.3. The molecule has 4 aromatic rings. The number of nitrogens with zero attached hydrogens (tertiary/aromatic N) is 2. The zero-order valence-corrected chi connectivity index (χ0v) is 20.3. The molecule has 0 aliphatic heterocycles. The summed E-state index contributed by atoms with van der Waals surface area (Å²) in [6, 6.07) is 18.1. The smallest absolute Gasteiger partial charge is 0.341 e. The van der Waals surface area contributed by atoms with Crippen molar-refractivity contribution in [3.05, 3.63) is 88.2 Å². The van der Waals surface area contributed by atoms with Crippen LogP contribution in [0.3, 0.4) is 0 Å². The summed E-state index contributed by atoms with van der Waals surface area (Å²) in [5.41, 5.74) is 1.31. The number of benzene rings is 2. The first kappa shape index (κ1) is 24.9. The van der Waals surface area contributed by atoms with Gasteiger partial charge in [-0.2, -0.15) is 4.98 Å². The number of methoxy groups -OCH3 is 1. The van der Waals surface area contributed by atoms with Gasteiger partial charge in [0.15, 0.2) is 0 Å². The number of ether oxygens (including phenoxy) is 2. The molecular formula is C28H28N2O6. The molecule has 0 saturated heterocycles. The second-order valence-corrected chi connectivity index (χ2v) is 8.77. The Hall–Kier alpha value is -4.17. The fourth-order valence-electron chi connectivity index (χ4n) is 4.18. The highest BCUT2D eigenvalue weighted by Gasteiger charge is 2.24. The third-order valence-corrected chi connectivity index (χ3v) is 6.12. The van der Waals surface area contributed by atoms with Gasteiger partial charge >= 0.3 is 5.97 Å². The molecule has 0 bridgehead atoms. The molecule has 1 atom stereocenters. The summed E-state index contributed by atoms with van der Waals surface area (Å²) in [6.07, 6.45) is 1.25. The number of aromatic carboxylic acids is 1. The number of carboxylic acid groups (broad SMARTS) is 1. The van der Waals surface area contributed by atoms with Crippen LogP contribution < -0.4 is 14.9 Å². The van der Waals surface area contributed by atoms with Crippen LogP contribution in [0.4, 0.5) is 0 Å². The Balaban J connectivity index is 1.93.